The standard InChI is InChI=1S/C14H19IO2/c1-2-13(9-6-10-15)14(16)17-11-12-7-4-3-5-8-12/h3-5,7-8,13H,2,6,9-11H2,1H3/t13-/m1/s1. The molecule has 0 fully saturated rings. The lowest BCUT2D eigenvalue weighted by Crippen LogP contribution is -2.17. The van der Waals surface area contributed by atoms with E-state index < -0.39 is 0 Å². The lowest BCUT2D eigenvalue weighted by molar-refractivity contribution is -0.150. The van der Waals surface area contributed by atoms with Gasteiger partial charge < -0.3 is 4.74 Å². The summed E-state index contributed by atoms with van der Waals surface area (Å²) < 4.78 is 6.43. The highest BCUT2D eigenvalue weighted by Gasteiger charge is 2.17. The number of carbonyl (C=O) groups is 1. The van der Waals surface area contributed by atoms with Gasteiger partial charge in [-0.25, -0.2) is 0 Å². The Kier molecular flexibility index (Phi) is 7.24. The summed E-state index contributed by atoms with van der Waals surface area (Å²) in [7, 11) is 0. The second kappa shape index (κ2) is 8.50. The number of ether oxygens (including phenoxy) is 1. The average molecular weight is 346 g/mol. The summed E-state index contributed by atoms with van der Waals surface area (Å²) in [6.45, 7) is 2.43. The number of carbonyl (C=O) groups excluding carboxylic acids is 1. The molecule has 1 aromatic carbocycles. The fourth-order valence-electron chi connectivity index (χ4n) is 1.66. The summed E-state index contributed by atoms with van der Waals surface area (Å²) in [5.41, 5.74) is 1.05. The quantitative estimate of drug-likeness (QED) is 0.424. The molecule has 17 heavy (non-hydrogen) atoms. The zero-order valence-corrected chi connectivity index (χ0v) is 12.4. The van der Waals surface area contributed by atoms with Crippen molar-refractivity contribution in [2.75, 3.05) is 4.43 Å². The molecule has 0 aliphatic heterocycles. The van der Waals surface area contributed by atoms with E-state index in [0.29, 0.717) is 6.61 Å². The maximum atomic E-state index is 11.8. The Hall–Kier alpha value is -0.580. The second-order valence-corrected chi connectivity index (χ2v) is 5.11. The van der Waals surface area contributed by atoms with E-state index in [2.05, 4.69) is 22.6 Å². The molecule has 0 spiro atoms. The van der Waals surface area contributed by atoms with Gasteiger partial charge in [0.2, 0.25) is 0 Å². The van der Waals surface area contributed by atoms with Gasteiger partial charge in [0.25, 0.3) is 0 Å². The molecule has 94 valence electrons. The largest absolute Gasteiger partial charge is 0.461 e. The molecule has 0 unspecified atom stereocenters. The normalized spacial score (nSPS) is 12.1. The Morgan fingerprint density at radius 3 is 2.65 bits per heavy atom. The summed E-state index contributed by atoms with van der Waals surface area (Å²) in [6.07, 6.45) is 2.89. The first-order chi connectivity index (χ1) is 8.27. The third kappa shape index (κ3) is 5.52. The minimum atomic E-state index is -0.0544. The molecule has 0 amide bonds. The number of benzene rings is 1. The monoisotopic (exact) mass is 346 g/mol. The van der Waals surface area contributed by atoms with Crippen LogP contribution in [-0.2, 0) is 16.1 Å². The predicted molar refractivity (Wildman–Crippen MR) is 78.1 cm³/mol. The van der Waals surface area contributed by atoms with Gasteiger partial charge in [-0.05, 0) is 29.3 Å². The van der Waals surface area contributed by atoms with Crippen LogP contribution in [0.4, 0.5) is 0 Å². The highest BCUT2D eigenvalue weighted by Crippen LogP contribution is 2.15. The highest BCUT2D eigenvalue weighted by molar-refractivity contribution is 14.1. The van der Waals surface area contributed by atoms with Crippen molar-refractivity contribution in [1.29, 1.82) is 0 Å². The summed E-state index contributed by atoms with van der Waals surface area (Å²) >= 11 is 2.34. The van der Waals surface area contributed by atoms with Gasteiger partial charge in [-0.3, -0.25) is 4.79 Å². The van der Waals surface area contributed by atoms with E-state index in [1.807, 2.05) is 37.3 Å². The van der Waals surface area contributed by atoms with E-state index in [1.54, 1.807) is 0 Å². The van der Waals surface area contributed by atoms with Gasteiger partial charge in [-0.15, -0.1) is 0 Å². The van der Waals surface area contributed by atoms with Crippen molar-refractivity contribution in [1.82, 2.24) is 0 Å². The number of rotatable bonds is 7. The van der Waals surface area contributed by atoms with Crippen LogP contribution in [0.1, 0.15) is 31.7 Å². The molecule has 1 rings (SSSR count). The van der Waals surface area contributed by atoms with E-state index in [9.17, 15) is 4.79 Å². The van der Waals surface area contributed by atoms with Crippen LogP contribution >= 0.6 is 22.6 Å². The summed E-state index contributed by atoms with van der Waals surface area (Å²) in [4.78, 5) is 11.8. The topological polar surface area (TPSA) is 26.3 Å². The fraction of sp³-hybridized carbons (Fsp3) is 0.500. The van der Waals surface area contributed by atoms with Gasteiger partial charge in [0.15, 0.2) is 0 Å². The van der Waals surface area contributed by atoms with Crippen molar-refractivity contribution in [3.8, 4) is 0 Å². The number of hydrogen-bond acceptors (Lipinski definition) is 2. The molecular weight excluding hydrogens is 327 g/mol. The molecule has 0 N–H and O–H groups in total. The fourth-order valence-corrected chi connectivity index (χ4v) is 2.10. The van der Waals surface area contributed by atoms with Crippen LogP contribution in [0.15, 0.2) is 30.3 Å². The van der Waals surface area contributed by atoms with Gasteiger partial charge in [0, 0.05) is 0 Å². The smallest absolute Gasteiger partial charge is 0.309 e. The Balaban J connectivity index is 2.37. The van der Waals surface area contributed by atoms with Crippen molar-refractivity contribution in [2.24, 2.45) is 5.92 Å². The van der Waals surface area contributed by atoms with Crippen LogP contribution in [0, 0.1) is 5.92 Å². The van der Waals surface area contributed by atoms with E-state index in [-0.39, 0.29) is 11.9 Å². The molecule has 0 aliphatic carbocycles. The zero-order chi connectivity index (χ0) is 12.5. The molecule has 0 heterocycles. The van der Waals surface area contributed by atoms with E-state index >= 15 is 0 Å². The molecule has 0 aromatic heterocycles. The minimum absolute atomic E-state index is 0.0544. The molecule has 0 radical (unpaired) electrons. The second-order valence-electron chi connectivity index (χ2n) is 4.03. The van der Waals surface area contributed by atoms with Crippen molar-refractivity contribution >= 4 is 28.6 Å². The lowest BCUT2D eigenvalue weighted by atomic mass is 10.0. The molecule has 0 saturated heterocycles. The van der Waals surface area contributed by atoms with Crippen LogP contribution < -0.4 is 0 Å². The lowest BCUT2D eigenvalue weighted by Gasteiger charge is -2.13. The maximum Gasteiger partial charge on any atom is 0.309 e. The van der Waals surface area contributed by atoms with Gasteiger partial charge in [-0.1, -0.05) is 59.8 Å². The van der Waals surface area contributed by atoms with Crippen molar-refractivity contribution in [3.63, 3.8) is 0 Å². The highest BCUT2D eigenvalue weighted by atomic mass is 127. The molecular formula is C14H19IO2. The number of halogens is 1. The molecule has 1 atom stereocenters. The van der Waals surface area contributed by atoms with Crippen LogP contribution in [0.2, 0.25) is 0 Å². The average Bonchev–Trinajstić information content (AvgIpc) is 2.38. The minimum Gasteiger partial charge on any atom is -0.461 e. The molecule has 0 saturated carbocycles. The summed E-state index contributed by atoms with van der Waals surface area (Å²) in [5.74, 6) is 0.00896. The van der Waals surface area contributed by atoms with Crippen molar-refractivity contribution in [3.05, 3.63) is 35.9 Å². The van der Waals surface area contributed by atoms with Crippen molar-refractivity contribution < 1.29 is 9.53 Å². The van der Waals surface area contributed by atoms with E-state index in [1.165, 1.54) is 0 Å². The van der Waals surface area contributed by atoms with Gasteiger partial charge in [0.05, 0.1) is 5.92 Å². The van der Waals surface area contributed by atoms with E-state index in [4.69, 9.17) is 4.74 Å². The third-order valence-corrected chi connectivity index (χ3v) is 3.50. The first-order valence-corrected chi connectivity index (χ1v) is 7.57. The molecule has 0 aliphatic rings. The number of esters is 1. The molecule has 1 aromatic rings. The van der Waals surface area contributed by atoms with Crippen LogP contribution in [0.25, 0.3) is 0 Å². The number of alkyl halides is 1. The third-order valence-electron chi connectivity index (χ3n) is 2.74. The Morgan fingerprint density at radius 2 is 2.06 bits per heavy atom. The first kappa shape index (κ1) is 14.5. The van der Waals surface area contributed by atoms with E-state index in [0.717, 1.165) is 29.3 Å². The molecule has 0 bridgehead atoms. The Bertz CT molecular complexity index is 324. The van der Waals surface area contributed by atoms with Crippen LogP contribution in [0.5, 0.6) is 0 Å². The van der Waals surface area contributed by atoms with Gasteiger partial charge >= 0.3 is 5.97 Å². The Morgan fingerprint density at radius 1 is 1.35 bits per heavy atom. The SMILES string of the molecule is CC[C@H](CCCI)C(=O)OCc1ccccc1. The maximum absolute atomic E-state index is 11.8. The van der Waals surface area contributed by atoms with Crippen LogP contribution in [0.3, 0.4) is 0 Å². The summed E-state index contributed by atoms with van der Waals surface area (Å²) in [5, 5.41) is 0. The number of hydrogen-bond donors (Lipinski definition) is 0. The first-order valence-electron chi connectivity index (χ1n) is 6.04. The van der Waals surface area contributed by atoms with Crippen molar-refractivity contribution in [2.45, 2.75) is 32.8 Å². The molecule has 2 nitrogen and oxygen atoms in total. The Labute approximate surface area is 117 Å². The van der Waals surface area contributed by atoms with Gasteiger partial charge in [0.1, 0.15) is 6.61 Å². The zero-order valence-electron chi connectivity index (χ0n) is 10.2. The summed E-state index contributed by atoms with van der Waals surface area (Å²) in [6, 6.07) is 9.81. The van der Waals surface area contributed by atoms with Gasteiger partial charge in [-0.2, -0.15) is 0 Å². The van der Waals surface area contributed by atoms with Crippen LogP contribution in [-0.4, -0.2) is 10.4 Å². The molecule has 3 heteroatoms. The predicted octanol–water partition coefficient (Wildman–Crippen LogP) is 3.97.